The molecule has 1 aliphatic heterocycles. The first kappa shape index (κ1) is 22.7. The van der Waals surface area contributed by atoms with E-state index in [1.54, 1.807) is 13.2 Å². The normalized spacial score (nSPS) is 17.0. The molecule has 2 unspecified atom stereocenters. The Morgan fingerprint density at radius 3 is 2.51 bits per heavy atom. The van der Waals surface area contributed by atoms with Crippen LogP contribution in [0.1, 0.15) is 35.2 Å². The van der Waals surface area contributed by atoms with Crippen LogP contribution in [0.2, 0.25) is 5.02 Å². The maximum atomic E-state index is 12.5. The Morgan fingerprint density at radius 1 is 1.06 bits per heavy atom. The van der Waals surface area contributed by atoms with Gasteiger partial charge in [-0.2, -0.15) is 4.98 Å². The van der Waals surface area contributed by atoms with E-state index in [4.69, 9.17) is 16.3 Å². The van der Waals surface area contributed by atoms with E-state index >= 15 is 0 Å². The lowest BCUT2D eigenvalue weighted by molar-refractivity contribution is -0.111. The molecule has 0 bridgehead atoms. The summed E-state index contributed by atoms with van der Waals surface area (Å²) in [5.74, 6) is 1.28. The first-order valence-electron chi connectivity index (χ1n) is 11.3. The molecule has 8 heteroatoms. The summed E-state index contributed by atoms with van der Waals surface area (Å²) in [5.41, 5.74) is 3.11. The lowest BCUT2D eigenvalue weighted by Gasteiger charge is -2.31. The summed E-state index contributed by atoms with van der Waals surface area (Å²) in [6.07, 6.45) is 3.95. The molecule has 1 aromatic heterocycles. The fourth-order valence-electron chi connectivity index (χ4n) is 4.14. The van der Waals surface area contributed by atoms with Crippen molar-refractivity contribution in [3.05, 3.63) is 107 Å². The Kier molecular flexibility index (Phi) is 6.50. The maximum absolute atomic E-state index is 12.5. The Hall–Kier alpha value is -4.10. The molecule has 0 radical (unpaired) electrons. The fraction of sp³-hybridized carbons (Fsp3) is 0.148. The van der Waals surface area contributed by atoms with Gasteiger partial charge in [0.1, 0.15) is 5.75 Å². The second-order valence-corrected chi connectivity index (χ2v) is 8.65. The van der Waals surface area contributed by atoms with Gasteiger partial charge in [0.15, 0.2) is 0 Å². The molecule has 1 aliphatic rings. The van der Waals surface area contributed by atoms with Crippen molar-refractivity contribution in [3.63, 3.8) is 0 Å². The molecular formula is C27H24ClN5O2. The first-order chi connectivity index (χ1) is 17.1. The van der Waals surface area contributed by atoms with E-state index in [0.29, 0.717) is 11.0 Å². The van der Waals surface area contributed by atoms with E-state index in [1.165, 1.54) is 6.08 Å². The quantitative estimate of drug-likeness (QED) is 0.340. The summed E-state index contributed by atoms with van der Waals surface area (Å²) < 4.78 is 6.99. The van der Waals surface area contributed by atoms with Crippen molar-refractivity contribution in [1.29, 1.82) is 0 Å². The number of methoxy groups -OCH3 is 1. The highest BCUT2D eigenvalue weighted by molar-refractivity contribution is 6.30. The van der Waals surface area contributed by atoms with Crippen LogP contribution in [-0.4, -0.2) is 27.8 Å². The predicted octanol–water partition coefficient (Wildman–Crippen LogP) is 5.74. The number of amides is 1. The van der Waals surface area contributed by atoms with Gasteiger partial charge >= 0.3 is 0 Å². The fourth-order valence-corrected chi connectivity index (χ4v) is 4.26. The maximum Gasteiger partial charge on any atom is 0.250 e. The molecule has 4 aromatic rings. The van der Waals surface area contributed by atoms with Crippen molar-refractivity contribution in [2.45, 2.75) is 18.5 Å². The Labute approximate surface area is 208 Å². The number of halogens is 1. The van der Waals surface area contributed by atoms with Gasteiger partial charge in [0.2, 0.25) is 5.95 Å². The number of nitrogens with one attached hydrogen (secondary N) is 2. The van der Waals surface area contributed by atoms with Gasteiger partial charge in [0.25, 0.3) is 11.9 Å². The van der Waals surface area contributed by atoms with Crippen molar-refractivity contribution < 1.29 is 9.53 Å². The van der Waals surface area contributed by atoms with Crippen LogP contribution in [0.15, 0.2) is 84.9 Å². The minimum atomic E-state index is -0.314. The minimum Gasteiger partial charge on any atom is -0.497 e. The van der Waals surface area contributed by atoms with Gasteiger partial charge in [-0.05, 0) is 53.5 Å². The lowest BCUT2D eigenvalue weighted by Crippen LogP contribution is -2.28. The third-order valence-corrected chi connectivity index (χ3v) is 6.18. The van der Waals surface area contributed by atoms with Gasteiger partial charge in [-0.1, -0.05) is 66.2 Å². The highest BCUT2D eigenvalue weighted by atomic mass is 35.5. The van der Waals surface area contributed by atoms with E-state index in [0.717, 1.165) is 28.9 Å². The van der Waals surface area contributed by atoms with Crippen molar-refractivity contribution >= 4 is 35.5 Å². The van der Waals surface area contributed by atoms with Crippen LogP contribution in [0.3, 0.4) is 0 Å². The van der Waals surface area contributed by atoms with Crippen LogP contribution in [0.4, 0.5) is 11.9 Å². The molecule has 0 saturated heterocycles. The summed E-state index contributed by atoms with van der Waals surface area (Å²) in [7, 11) is 1.62. The van der Waals surface area contributed by atoms with Crippen LogP contribution in [0.25, 0.3) is 6.08 Å². The summed E-state index contributed by atoms with van der Waals surface area (Å²) in [6, 6.07) is 25.4. The molecule has 2 atom stereocenters. The molecule has 7 nitrogen and oxygen atoms in total. The standard InChI is InChI=1S/C27H24ClN5O2/c1-35-22-14-7-18(8-15-22)9-16-25(34)30-26-31-27-29-23(19-5-3-2-4-6-19)17-24(33(27)32-26)20-10-12-21(28)13-11-20/h2-16,23-24H,17H2,1H3,(H2,29,30,31,32,34). The molecule has 2 N–H and O–H groups in total. The van der Waals surface area contributed by atoms with Gasteiger partial charge in [-0.15, -0.1) is 5.10 Å². The Bertz CT molecular complexity index is 1330. The monoisotopic (exact) mass is 485 g/mol. The van der Waals surface area contributed by atoms with Gasteiger partial charge in [-0.25, -0.2) is 4.68 Å². The molecule has 5 rings (SSSR count). The molecule has 35 heavy (non-hydrogen) atoms. The number of carbonyl (C=O) groups excluding carboxylic acids is 1. The number of anilines is 2. The minimum absolute atomic E-state index is 0.0482. The average Bonchev–Trinajstić information content (AvgIpc) is 3.30. The van der Waals surface area contributed by atoms with Gasteiger partial charge in [0.05, 0.1) is 19.2 Å². The summed E-state index contributed by atoms with van der Waals surface area (Å²) in [6.45, 7) is 0. The Balaban J connectivity index is 1.38. The number of hydrogen-bond donors (Lipinski definition) is 2. The van der Waals surface area contributed by atoms with Gasteiger partial charge < -0.3 is 10.1 Å². The third kappa shape index (κ3) is 5.20. The number of carbonyl (C=O) groups is 1. The second-order valence-electron chi connectivity index (χ2n) is 8.21. The molecular weight excluding hydrogens is 462 g/mol. The Morgan fingerprint density at radius 2 is 1.80 bits per heavy atom. The van der Waals surface area contributed by atoms with Crippen molar-refractivity contribution in [1.82, 2.24) is 14.8 Å². The zero-order valence-corrected chi connectivity index (χ0v) is 19.8. The topological polar surface area (TPSA) is 81.1 Å². The molecule has 0 aliphatic carbocycles. The zero-order chi connectivity index (χ0) is 24.2. The highest BCUT2D eigenvalue weighted by Crippen LogP contribution is 2.38. The molecule has 176 valence electrons. The molecule has 3 aromatic carbocycles. The van der Waals surface area contributed by atoms with Crippen molar-refractivity contribution in [3.8, 4) is 5.75 Å². The van der Waals surface area contributed by atoms with Crippen LogP contribution in [0, 0.1) is 0 Å². The number of rotatable bonds is 6. The van der Waals surface area contributed by atoms with Crippen LogP contribution in [-0.2, 0) is 4.79 Å². The molecule has 2 heterocycles. The number of ether oxygens (including phenoxy) is 1. The van der Waals surface area contributed by atoms with E-state index in [1.807, 2.05) is 71.4 Å². The van der Waals surface area contributed by atoms with Crippen LogP contribution < -0.4 is 15.4 Å². The summed E-state index contributed by atoms with van der Waals surface area (Å²) in [4.78, 5) is 17.1. The van der Waals surface area contributed by atoms with Gasteiger partial charge in [-0.3, -0.25) is 10.1 Å². The van der Waals surface area contributed by atoms with Crippen molar-refractivity contribution in [2.75, 3.05) is 17.7 Å². The van der Waals surface area contributed by atoms with E-state index < -0.39 is 0 Å². The lowest BCUT2D eigenvalue weighted by atomic mass is 9.93. The van der Waals surface area contributed by atoms with Crippen LogP contribution in [0.5, 0.6) is 5.75 Å². The molecule has 0 spiro atoms. The van der Waals surface area contributed by atoms with E-state index in [-0.39, 0.29) is 23.9 Å². The molecule has 0 saturated carbocycles. The zero-order valence-electron chi connectivity index (χ0n) is 19.1. The number of benzene rings is 3. The number of fused-ring (bicyclic) bond motifs is 1. The predicted molar refractivity (Wildman–Crippen MR) is 138 cm³/mol. The van der Waals surface area contributed by atoms with E-state index in [9.17, 15) is 4.79 Å². The summed E-state index contributed by atoms with van der Waals surface area (Å²) >= 11 is 6.12. The number of aromatic nitrogens is 3. The number of nitrogens with zero attached hydrogens (tertiary/aromatic N) is 3. The number of hydrogen-bond acceptors (Lipinski definition) is 5. The largest absolute Gasteiger partial charge is 0.497 e. The summed E-state index contributed by atoms with van der Waals surface area (Å²) in [5, 5.41) is 11.5. The first-order valence-corrected chi connectivity index (χ1v) is 11.6. The average molecular weight is 486 g/mol. The SMILES string of the molecule is COc1ccc(C=CC(=O)Nc2nc3n(n2)C(c2ccc(Cl)cc2)CC(c2ccccc2)N3)cc1. The second kappa shape index (κ2) is 10.0. The van der Waals surface area contributed by atoms with Gasteiger partial charge in [0, 0.05) is 11.1 Å². The molecule has 1 amide bonds. The smallest absolute Gasteiger partial charge is 0.250 e. The van der Waals surface area contributed by atoms with Crippen LogP contribution >= 0.6 is 11.6 Å². The third-order valence-electron chi connectivity index (χ3n) is 5.92. The van der Waals surface area contributed by atoms with E-state index in [2.05, 4.69) is 32.8 Å². The molecule has 0 fully saturated rings. The highest BCUT2D eigenvalue weighted by Gasteiger charge is 2.31. The van der Waals surface area contributed by atoms with Crippen molar-refractivity contribution in [2.24, 2.45) is 0 Å².